The summed E-state index contributed by atoms with van der Waals surface area (Å²) in [6, 6.07) is 1.87. The molecule has 2 heterocycles. The maximum absolute atomic E-state index is 10.8. The molecule has 2 N–H and O–H groups in total. The number of ether oxygens (including phenoxy) is 1. The molecular weight excluding hydrogens is 240 g/mol. The number of primary amides is 1. The van der Waals surface area contributed by atoms with E-state index in [9.17, 15) is 9.59 Å². The predicted molar refractivity (Wildman–Crippen MR) is 63.8 cm³/mol. The molecule has 0 saturated carbocycles. The van der Waals surface area contributed by atoms with Crippen molar-refractivity contribution in [3.8, 4) is 5.06 Å². The fraction of sp³-hybridized carbons (Fsp3) is 0.455. The van der Waals surface area contributed by atoms with Gasteiger partial charge in [-0.1, -0.05) is 0 Å². The molecule has 0 atom stereocenters. The Labute approximate surface area is 103 Å². The standard InChI is InChI=1S/C11H14N2O3S/c1-7(14)16-11-4-8-5-13(6-10(12)15)3-2-9(8)17-11/h4H,2-3,5-6H2,1H3,(H2,12,15). The van der Waals surface area contributed by atoms with E-state index in [1.807, 2.05) is 11.0 Å². The minimum absolute atomic E-state index is 0.276. The van der Waals surface area contributed by atoms with Crippen molar-refractivity contribution in [1.29, 1.82) is 0 Å². The summed E-state index contributed by atoms with van der Waals surface area (Å²) >= 11 is 1.50. The normalized spacial score (nSPS) is 15.4. The first-order valence-electron chi connectivity index (χ1n) is 5.35. The Morgan fingerprint density at radius 3 is 3.00 bits per heavy atom. The van der Waals surface area contributed by atoms with Crippen molar-refractivity contribution in [3.05, 3.63) is 16.5 Å². The molecule has 1 amide bonds. The molecule has 1 aromatic heterocycles. The topological polar surface area (TPSA) is 72.6 Å². The number of nitrogens with zero attached hydrogens (tertiary/aromatic N) is 1. The number of hydrogen-bond acceptors (Lipinski definition) is 5. The van der Waals surface area contributed by atoms with E-state index in [4.69, 9.17) is 10.5 Å². The number of fused-ring (bicyclic) bond motifs is 1. The van der Waals surface area contributed by atoms with Crippen LogP contribution >= 0.6 is 11.3 Å². The Bertz CT molecular complexity index is 456. The molecule has 0 aliphatic carbocycles. The lowest BCUT2D eigenvalue weighted by molar-refractivity contribution is -0.131. The maximum Gasteiger partial charge on any atom is 0.308 e. The highest BCUT2D eigenvalue weighted by molar-refractivity contribution is 7.14. The summed E-state index contributed by atoms with van der Waals surface area (Å²) in [5.41, 5.74) is 6.29. The van der Waals surface area contributed by atoms with Crippen molar-refractivity contribution < 1.29 is 14.3 Å². The van der Waals surface area contributed by atoms with Gasteiger partial charge in [0.1, 0.15) is 0 Å². The monoisotopic (exact) mass is 254 g/mol. The van der Waals surface area contributed by atoms with Crippen LogP contribution in [0.1, 0.15) is 17.4 Å². The van der Waals surface area contributed by atoms with Gasteiger partial charge in [-0.25, -0.2) is 0 Å². The highest BCUT2D eigenvalue weighted by Crippen LogP contribution is 2.33. The van der Waals surface area contributed by atoms with Crippen LogP contribution in [0.15, 0.2) is 6.07 Å². The molecule has 0 saturated heterocycles. The summed E-state index contributed by atoms with van der Waals surface area (Å²) in [6.45, 7) is 3.17. The summed E-state index contributed by atoms with van der Waals surface area (Å²) in [4.78, 5) is 24.9. The largest absolute Gasteiger partial charge is 0.416 e. The number of rotatable bonds is 3. The number of hydrogen-bond donors (Lipinski definition) is 1. The number of esters is 1. The average molecular weight is 254 g/mol. The predicted octanol–water partition coefficient (Wildman–Crippen LogP) is 0.517. The Morgan fingerprint density at radius 2 is 2.35 bits per heavy atom. The molecular formula is C11H14N2O3S. The van der Waals surface area contributed by atoms with E-state index < -0.39 is 0 Å². The molecule has 6 heteroatoms. The second-order valence-corrected chi connectivity index (χ2v) is 5.13. The molecule has 1 aromatic rings. The molecule has 5 nitrogen and oxygen atoms in total. The van der Waals surface area contributed by atoms with Gasteiger partial charge in [-0.05, 0) is 18.1 Å². The fourth-order valence-electron chi connectivity index (χ4n) is 1.91. The van der Waals surface area contributed by atoms with Gasteiger partial charge in [0, 0.05) is 24.9 Å². The first-order chi connectivity index (χ1) is 8.04. The summed E-state index contributed by atoms with van der Waals surface area (Å²) in [7, 11) is 0. The maximum atomic E-state index is 10.8. The zero-order chi connectivity index (χ0) is 12.4. The molecule has 0 radical (unpaired) electrons. The lowest BCUT2D eigenvalue weighted by Gasteiger charge is -2.24. The molecule has 0 spiro atoms. The minimum Gasteiger partial charge on any atom is -0.416 e. The third kappa shape index (κ3) is 3.04. The molecule has 0 aromatic carbocycles. The van der Waals surface area contributed by atoms with Crippen molar-refractivity contribution in [2.24, 2.45) is 5.73 Å². The van der Waals surface area contributed by atoms with E-state index in [0.29, 0.717) is 11.6 Å². The molecule has 92 valence electrons. The van der Waals surface area contributed by atoms with Gasteiger partial charge < -0.3 is 10.5 Å². The van der Waals surface area contributed by atoms with Crippen LogP contribution in [-0.4, -0.2) is 29.9 Å². The van der Waals surface area contributed by atoms with Gasteiger partial charge in [-0.15, -0.1) is 11.3 Å². The number of nitrogens with two attached hydrogens (primary N) is 1. The van der Waals surface area contributed by atoms with Crippen LogP contribution in [0, 0.1) is 0 Å². The molecule has 1 aliphatic heterocycles. The van der Waals surface area contributed by atoms with Gasteiger partial charge in [-0.3, -0.25) is 14.5 Å². The highest BCUT2D eigenvalue weighted by Gasteiger charge is 2.20. The summed E-state index contributed by atoms with van der Waals surface area (Å²) < 4.78 is 5.05. The van der Waals surface area contributed by atoms with Crippen molar-refractivity contribution in [3.63, 3.8) is 0 Å². The van der Waals surface area contributed by atoms with Gasteiger partial charge in [0.15, 0.2) is 5.06 Å². The van der Waals surface area contributed by atoms with Gasteiger partial charge in [0.05, 0.1) is 6.54 Å². The van der Waals surface area contributed by atoms with Crippen LogP contribution in [0.25, 0.3) is 0 Å². The van der Waals surface area contributed by atoms with E-state index in [-0.39, 0.29) is 18.4 Å². The van der Waals surface area contributed by atoms with E-state index >= 15 is 0 Å². The molecule has 1 aliphatic rings. The number of thiophene rings is 1. The Kier molecular flexibility index (Phi) is 3.44. The van der Waals surface area contributed by atoms with Crippen molar-refractivity contribution in [2.75, 3.05) is 13.1 Å². The van der Waals surface area contributed by atoms with Crippen LogP contribution in [-0.2, 0) is 22.6 Å². The number of carbonyl (C=O) groups is 2. The number of carbonyl (C=O) groups excluding carboxylic acids is 2. The average Bonchev–Trinajstić information content (AvgIpc) is 2.56. The minimum atomic E-state index is -0.316. The summed E-state index contributed by atoms with van der Waals surface area (Å²) in [6.07, 6.45) is 0.870. The smallest absolute Gasteiger partial charge is 0.308 e. The van der Waals surface area contributed by atoms with Gasteiger partial charge in [0.2, 0.25) is 5.91 Å². The third-order valence-corrected chi connectivity index (χ3v) is 3.66. The van der Waals surface area contributed by atoms with Crippen LogP contribution < -0.4 is 10.5 Å². The number of amides is 1. The Hall–Kier alpha value is -1.40. The molecule has 0 fully saturated rings. The second kappa shape index (κ2) is 4.85. The molecule has 0 unspecified atom stereocenters. The Balaban J connectivity index is 2.07. The first kappa shape index (κ1) is 12.1. The van der Waals surface area contributed by atoms with E-state index in [2.05, 4.69) is 0 Å². The van der Waals surface area contributed by atoms with E-state index in [0.717, 1.165) is 18.5 Å². The van der Waals surface area contributed by atoms with Crippen LogP contribution in [0.3, 0.4) is 0 Å². The van der Waals surface area contributed by atoms with Crippen LogP contribution in [0.2, 0.25) is 0 Å². The second-order valence-electron chi connectivity index (χ2n) is 4.03. The van der Waals surface area contributed by atoms with Crippen molar-refractivity contribution >= 4 is 23.2 Å². The third-order valence-electron chi connectivity index (χ3n) is 2.55. The lowest BCUT2D eigenvalue weighted by atomic mass is 10.1. The van der Waals surface area contributed by atoms with Gasteiger partial charge >= 0.3 is 5.97 Å². The van der Waals surface area contributed by atoms with Gasteiger partial charge in [0.25, 0.3) is 0 Å². The molecule has 17 heavy (non-hydrogen) atoms. The van der Waals surface area contributed by atoms with E-state index in [1.54, 1.807) is 0 Å². The first-order valence-corrected chi connectivity index (χ1v) is 6.17. The Morgan fingerprint density at radius 1 is 1.59 bits per heavy atom. The quantitative estimate of drug-likeness (QED) is 0.798. The molecule has 0 bridgehead atoms. The SMILES string of the molecule is CC(=O)Oc1cc2c(s1)CCN(CC(N)=O)C2. The van der Waals surface area contributed by atoms with Crippen LogP contribution in [0.5, 0.6) is 5.06 Å². The summed E-state index contributed by atoms with van der Waals surface area (Å²) in [5.74, 6) is -0.624. The van der Waals surface area contributed by atoms with Crippen molar-refractivity contribution in [1.82, 2.24) is 4.90 Å². The zero-order valence-electron chi connectivity index (χ0n) is 9.56. The zero-order valence-corrected chi connectivity index (χ0v) is 10.4. The lowest BCUT2D eigenvalue weighted by Crippen LogP contribution is -2.36. The van der Waals surface area contributed by atoms with Gasteiger partial charge in [-0.2, -0.15) is 0 Å². The summed E-state index contributed by atoms with van der Waals surface area (Å²) in [5, 5.41) is 0.628. The van der Waals surface area contributed by atoms with Crippen LogP contribution in [0.4, 0.5) is 0 Å². The highest BCUT2D eigenvalue weighted by atomic mass is 32.1. The van der Waals surface area contributed by atoms with E-state index in [1.165, 1.54) is 23.1 Å². The molecule has 2 rings (SSSR count). The van der Waals surface area contributed by atoms with Crippen molar-refractivity contribution in [2.45, 2.75) is 19.9 Å². The fourth-order valence-corrected chi connectivity index (χ4v) is 2.96.